The van der Waals surface area contributed by atoms with Gasteiger partial charge < -0.3 is 15.8 Å². The van der Waals surface area contributed by atoms with Gasteiger partial charge in [0.05, 0.1) is 0 Å². The number of nitrogens with two attached hydrogens (primary N) is 1. The molecule has 1 amide bonds. The first-order valence-electron chi connectivity index (χ1n) is 6.68. The quantitative estimate of drug-likeness (QED) is 0.826. The molecule has 3 N–H and O–H groups in total. The van der Waals surface area contributed by atoms with Crippen LogP contribution >= 0.6 is 0 Å². The molecule has 19 heavy (non-hydrogen) atoms. The van der Waals surface area contributed by atoms with E-state index in [4.69, 9.17) is 10.5 Å². The molecule has 1 aromatic rings. The Bertz CT molecular complexity index is 430. The van der Waals surface area contributed by atoms with Gasteiger partial charge >= 0.3 is 0 Å². The minimum absolute atomic E-state index is 0.0973. The van der Waals surface area contributed by atoms with E-state index in [-0.39, 0.29) is 5.91 Å². The van der Waals surface area contributed by atoms with E-state index in [0.29, 0.717) is 19.0 Å². The Kier molecular flexibility index (Phi) is 5.83. The molecule has 0 bridgehead atoms. The van der Waals surface area contributed by atoms with Crippen molar-refractivity contribution < 1.29 is 9.53 Å². The minimum atomic E-state index is -0.523. The van der Waals surface area contributed by atoms with Gasteiger partial charge in [-0.3, -0.25) is 4.79 Å². The van der Waals surface area contributed by atoms with Gasteiger partial charge in [-0.15, -0.1) is 0 Å². The predicted molar refractivity (Wildman–Crippen MR) is 77.0 cm³/mol. The number of aryl methyl sites for hydroxylation is 1. The fraction of sp³-hybridized carbons (Fsp3) is 0.533. The number of amides is 1. The number of nitrogens with one attached hydrogen (secondary N) is 1. The standard InChI is InChI=1S/C15H24N2O2/c1-10(2)9-17-15(18)12(4)19-14-11(3)6-5-7-13(14)8-16/h5-7,10,12H,8-9,16H2,1-4H3,(H,17,18). The molecule has 0 aliphatic rings. The van der Waals surface area contributed by atoms with Crippen molar-refractivity contribution in [3.8, 4) is 5.75 Å². The van der Waals surface area contributed by atoms with E-state index in [9.17, 15) is 4.79 Å². The van der Waals surface area contributed by atoms with Crippen LogP contribution in [0.1, 0.15) is 31.9 Å². The van der Waals surface area contributed by atoms with Crippen LogP contribution in [0.15, 0.2) is 18.2 Å². The number of para-hydroxylation sites is 1. The van der Waals surface area contributed by atoms with Gasteiger partial charge in [0.25, 0.3) is 5.91 Å². The lowest BCUT2D eigenvalue weighted by atomic mass is 10.1. The Morgan fingerprint density at radius 2 is 2.05 bits per heavy atom. The largest absolute Gasteiger partial charge is 0.480 e. The van der Waals surface area contributed by atoms with E-state index in [1.165, 1.54) is 0 Å². The van der Waals surface area contributed by atoms with Crippen LogP contribution in [-0.2, 0) is 11.3 Å². The molecule has 0 fully saturated rings. The van der Waals surface area contributed by atoms with Crippen molar-refractivity contribution >= 4 is 5.91 Å². The second-order valence-corrected chi connectivity index (χ2v) is 5.17. The zero-order valence-corrected chi connectivity index (χ0v) is 12.2. The van der Waals surface area contributed by atoms with E-state index in [1.807, 2.05) is 25.1 Å². The number of ether oxygens (including phenoxy) is 1. The summed E-state index contributed by atoms with van der Waals surface area (Å²) in [5.74, 6) is 1.05. The van der Waals surface area contributed by atoms with E-state index in [0.717, 1.165) is 16.9 Å². The van der Waals surface area contributed by atoms with E-state index < -0.39 is 6.10 Å². The third-order valence-corrected chi connectivity index (χ3v) is 2.86. The molecule has 1 rings (SSSR count). The monoisotopic (exact) mass is 264 g/mol. The normalized spacial score (nSPS) is 12.3. The third kappa shape index (κ3) is 4.56. The predicted octanol–water partition coefficient (Wildman–Crippen LogP) is 1.99. The number of benzene rings is 1. The van der Waals surface area contributed by atoms with Gasteiger partial charge in [-0.2, -0.15) is 0 Å². The highest BCUT2D eigenvalue weighted by atomic mass is 16.5. The first-order chi connectivity index (χ1) is 8.95. The summed E-state index contributed by atoms with van der Waals surface area (Å²) in [5.41, 5.74) is 7.60. The van der Waals surface area contributed by atoms with Crippen molar-refractivity contribution in [2.45, 2.75) is 40.3 Å². The van der Waals surface area contributed by atoms with Gasteiger partial charge in [0.2, 0.25) is 0 Å². The first kappa shape index (κ1) is 15.5. The smallest absolute Gasteiger partial charge is 0.260 e. The SMILES string of the molecule is Cc1cccc(CN)c1OC(C)C(=O)NCC(C)C. The summed E-state index contributed by atoms with van der Waals surface area (Å²) in [6, 6.07) is 5.81. The first-order valence-corrected chi connectivity index (χ1v) is 6.68. The zero-order valence-electron chi connectivity index (χ0n) is 12.2. The minimum Gasteiger partial charge on any atom is -0.480 e. The Morgan fingerprint density at radius 3 is 2.63 bits per heavy atom. The Balaban J connectivity index is 2.71. The molecule has 0 heterocycles. The second kappa shape index (κ2) is 7.14. The average molecular weight is 264 g/mol. The summed E-state index contributed by atoms with van der Waals surface area (Å²) in [6.45, 7) is 8.87. The van der Waals surface area contributed by atoms with Crippen molar-refractivity contribution in [1.82, 2.24) is 5.32 Å². The molecule has 0 radical (unpaired) electrons. The number of rotatable bonds is 6. The maximum absolute atomic E-state index is 11.9. The van der Waals surface area contributed by atoms with Gasteiger partial charge in [0.1, 0.15) is 5.75 Å². The van der Waals surface area contributed by atoms with Crippen LogP contribution < -0.4 is 15.8 Å². The van der Waals surface area contributed by atoms with Gasteiger partial charge in [0, 0.05) is 18.7 Å². The highest BCUT2D eigenvalue weighted by Crippen LogP contribution is 2.24. The van der Waals surface area contributed by atoms with Crippen molar-refractivity contribution in [3.05, 3.63) is 29.3 Å². The molecule has 0 saturated carbocycles. The zero-order chi connectivity index (χ0) is 14.4. The Morgan fingerprint density at radius 1 is 1.37 bits per heavy atom. The van der Waals surface area contributed by atoms with Crippen LogP contribution in [0.4, 0.5) is 0 Å². The lowest BCUT2D eigenvalue weighted by Gasteiger charge is -2.19. The summed E-state index contributed by atoms with van der Waals surface area (Å²) in [4.78, 5) is 11.9. The van der Waals surface area contributed by atoms with Gasteiger partial charge in [-0.25, -0.2) is 0 Å². The third-order valence-electron chi connectivity index (χ3n) is 2.86. The Labute approximate surface area is 115 Å². The van der Waals surface area contributed by atoms with E-state index in [2.05, 4.69) is 19.2 Å². The molecule has 0 aliphatic heterocycles. The molecular weight excluding hydrogens is 240 g/mol. The van der Waals surface area contributed by atoms with Crippen molar-refractivity contribution in [1.29, 1.82) is 0 Å². The molecule has 1 atom stereocenters. The molecule has 4 heteroatoms. The fourth-order valence-electron chi connectivity index (χ4n) is 1.72. The van der Waals surface area contributed by atoms with Crippen LogP contribution in [0.2, 0.25) is 0 Å². The molecule has 1 aromatic carbocycles. The average Bonchev–Trinajstić information content (AvgIpc) is 2.37. The number of carbonyl (C=O) groups is 1. The summed E-state index contributed by atoms with van der Waals surface area (Å²) in [7, 11) is 0. The maximum Gasteiger partial charge on any atom is 0.260 e. The molecule has 0 saturated heterocycles. The number of carbonyl (C=O) groups excluding carboxylic acids is 1. The highest BCUT2D eigenvalue weighted by Gasteiger charge is 2.17. The van der Waals surface area contributed by atoms with Crippen molar-refractivity contribution in [3.63, 3.8) is 0 Å². The molecule has 0 spiro atoms. The topological polar surface area (TPSA) is 64.3 Å². The summed E-state index contributed by atoms with van der Waals surface area (Å²) in [5, 5.41) is 2.86. The molecule has 0 aromatic heterocycles. The maximum atomic E-state index is 11.9. The van der Waals surface area contributed by atoms with Gasteiger partial charge in [-0.05, 0) is 25.3 Å². The highest BCUT2D eigenvalue weighted by molar-refractivity contribution is 5.80. The van der Waals surface area contributed by atoms with E-state index in [1.54, 1.807) is 6.92 Å². The number of hydrogen-bond donors (Lipinski definition) is 2. The molecule has 0 aliphatic carbocycles. The van der Waals surface area contributed by atoms with Crippen molar-refractivity contribution in [2.24, 2.45) is 11.7 Å². The van der Waals surface area contributed by atoms with Crippen LogP contribution in [0.3, 0.4) is 0 Å². The van der Waals surface area contributed by atoms with Gasteiger partial charge in [-0.1, -0.05) is 32.0 Å². The lowest BCUT2D eigenvalue weighted by Crippen LogP contribution is -2.38. The van der Waals surface area contributed by atoms with Crippen LogP contribution in [-0.4, -0.2) is 18.6 Å². The van der Waals surface area contributed by atoms with E-state index >= 15 is 0 Å². The lowest BCUT2D eigenvalue weighted by molar-refractivity contribution is -0.127. The van der Waals surface area contributed by atoms with Crippen LogP contribution in [0.5, 0.6) is 5.75 Å². The molecule has 1 unspecified atom stereocenters. The fourth-order valence-corrected chi connectivity index (χ4v) is 1.72. The van der Waals surface area contributed by atoms with Crippen LogP contribution in [0, 0.1) is 12.8 Å². The Hall–Kier alpha value is -1.55. The number of hydrogen-bond acceptors (Lipinski definition) is 3. The molecule has 106 valence electrons. The summed E-state index contributed by atoms with van der Waals surface area (Å²) < 4.78 is 5.77. The molecule has 4 nitrogen and oxygen atoms in total. The summed E-state index contributed by atoms with van der Waals surface area (Å²) >= 11 is 0. The van der Waals surface area contributed by atoms with Crippen molar-refractivity contribution in [2.75, 3.05) is 6.54 Å². The van der Waals surface area contributed by atoms with Crippen LogP contribution in [0.25, 0.3) is 0 Å². The summed E-state index contributed by atoms with van der Waals surface area (Å²) in [6.07, 6.45) is -0.523. The van der Waals surface area contributed by atoms with Gasteiger partial charge in [0.15, 0.2) is 6.10 Å². The molecular formula is C15H24N2O2. The second-order valence-electron chi connectivity index (χ2n) is 5.17.